The van der Waals surface area contributed by atoms with Gasteiger partial charge in [0.25, 0.3) is 0 Å². The summed E-state index contributed by atoms with van der Waals surface area (Å²) < 4.78 is 13.0. The molecule has 1 saturated heterocycles. The number of aromatic nitrogens is 3. The van der Waals surface area contributed by atoms with E-state index in [1.165, 1.54) is 18.5 Å². The maximum Gasteiger partial charge on any atom is 0.143 e. The van der Waals surface area contributed by atoms with Crippen LogP contribution in [0, 0.1) is 17.1 Å². The zero-order chi connectivity index (χ0) is 17.2. The van der Waals surface area contributed by atoms with Gasteiger partial charge in [0.05, 0.1) is 5.39 Å². The van der Waals surface area contributed by atoms with E-state index in [1.807, 2.05) is 12.1 Å². The first-order valence-corrected chi connectivity index (χ1v) is 8.18. The van der Waals surface area contributed by atoms with Gasteiger partial charge in [-0.3, -0.25) is 4.90 Å². The number of piperazine rings is 1. The molecule has 3 aromatic rings. The number of nitrogens with zero attached hydrogens (tertiary/aromatic N) is 5. The van der Waals surface area contributed by atoms with Crippen molar-refractivity contribution in [2.45, 2.75) is 6.54 Å². The number of anilines is 1. The van der Waals surface area contributed by atoms with Crippen molar-refractivity contribution >= 4 is 16.9 Å². The highest BCUT2D eigenvalue weighted by Gasteiger charge is 2.20. The predicted molar refractivity (Wildman–Crippen MR) is 92.5 cm³/mol. The van der Waals surface area contributed by atoms with E-state index in [2.05, 4.69) is 30.8 Å². The molecule has 0 atom stereocenters. The van der Waals surface area contributed by atoms with Gasteiger partial charge in [-0.15, -0.1) is 0 Å². The van der Waals surface area contributed by atoms with Crippen LogP contribution in [0.3, 0.4) is 0 Å². The van der Waals surface area contributed by atoms with E-state index in [0.29, 0.717) is 11.3 Å². The highest BCUT2D eigenvalue weighted by atomic mass is 19.1. The highest BCUT2D eigenvalue weighted by molar-refractivity contribution is 5.88. The van der Waals surface area contributed by atoms with Gasteiger partial charge in [0.1, 0.15) is 35.4 Å². The van der Waals surface area contributed by atoms with Crippen molar-refractivity contribution in [3.8, 4) is 6.07 Å². The van der Waals surface area contributed by atoms with Crippen LogP contribution in [0.5, 0.6) is 0 Å². The summed E-state index contributed by atoms with van der Waals surface area (Å²) in [6.45, 7) is 4.31. The van der Waals surface area contributed by atoms with E-state index in [0.717, 1.165) is 49.5 Å². The molecule has 0 unspecified atom stereocenters. The lowest BCUT2D eigenvalue weighted by Crippen LogP contribution is -2.46. The Bertz CT molecular complexity index is 919. The molecule has 0 amide bonds. The standard InChI is InChI=1S/C18H17FN6/c19-14-3-1-13(2-4-14)11-24-5-7-25(8-6-24)18-16-9-15(10-20)23-17(16)21-12-22-18/h1-4,9,12H,5-8,11H2,(H,21,22,23). The van der Waals surface area contributed by atoms with Gasteiger partial charge < -0.3 is 9.88 Å². The molecule has 1 N–H and O–H groups in total. The molecule has 0 bridgehead atoms. The van der Waals surface area contributed by atoms with Crippen LogP contribution in [-0.2, 0) is 6.54 Å². The molecule has 3 heterocycles. The molecule has 2 aromatic heterocycles. The lowest BCUT2D eigenvalue weighted by atomic mass is 10.2. The molecule has 1 aliphatic heterocycles. The number of H-pyrrole nitrogens is 1. The van der Waals surface area contributed by atoms with Crippen molar-refractivity contribution in [1.82, 2.24) is 19.9 Å². The average molecular weight is 336 g/mol. The lowest BCUT2D eigenvalue weighted by molar-refractivity contribution is 0.249. The second-order valence-corrected chi connectivity index (χ2v) is 6.14. The molecule has 0 aliphatic carbocycles. The van der Waals surface area contributed by atoms with Crippen LogP contribution in [0.1, 0.15) is 11.3 Å². The first-order valence-electron chi connectivity index (χ1n) is 8.18. The molecule has 1 fully saturated rings. The Hall–Kier alpha value is -2.98. The molecule has 0 saturated carbocycles. The van der Waals surface area contributed by atoms with Crippen molar-refractivity contribution in [2.75, 3.05) is 31.1 Å². The topological polar surface area (TPSA) is 71.8 Å². The van der Waals surface area contributed by atoms with Crippen molar-refractivity contribution in [2.24, 2.45) is 0 Å². The molecule has 6 nitrogen and oxygen atoms in total. The third-order valence-electron chi connectivity index (χ3n) is 4.52. The van der Waals surface area contributed by atoms with E-state index >= 15 is 0 Å². The number of benzene rings is 1. The van der Waals surface area contributed by atoms with Crippen LogP contribution in [0.4, 0.5) is 10.2 Å². The Kier molecular flexibility index (Phi) is 4.04. The summed E-state index contributed by atoms with van der Waals surface area (Å²) in [4.78, 5) is 16.2. The number of aromatic amines is 1. The van der Waals surface area contributed by atoms with E-state index in [-0.39, 0.29) is 5.82 Å². The van der Waals surface area contributed by atoms with Gasteiger partial charge in [-0.2, -0.15) is 5.26 Å². The van der Waals surface area contributed by atoms with E-state index < -0.39 is 0 Å². The van der Waals surface area contributed by atoms with Crippen LogP contribution in [-0.4, -0.2) is 46.0 Å². The summed E-state index contributed by atoms with van der Waals surface area (Å²) in [6.07, 6.45) is 1.53. The van der Waals surface area contributed by atoms with Crippen LogP contribution < -0.4 is 4.90 Å². The number of nitrogens with one attached hydrogen (secondary N) is 1. The Labute approximate surface area is 144 Å². The van der Waals surface area contributed by atoms with Crippen molar-refractivity contribution in [1.29, 1.82) is 5.26 Å². The van der Waals surface area contributed by atoms with Gasteiger partial charge >= 0.3 is 0 Å². The molecule has 7 heteroatoms. The fourth-order valence-corrected chi connectivity index (χ4v) is 3.20. The van der Waals surface area contributed by atoms with Crippen LogP contribution in [0.2, 0.25) is 0 Å². The van der Waals surface area contributed by atoms with Crippen LogP contribution >= 0.6 is 0 Å². The predicted octanol–water partition coefficient (Wildman–Crippen LogP) is 2.29. The first-order chi connectivity index (χ1) is 12.2. The summed E-state index contributed by atoms with van der Waals surface area (Å²) in [5.41, 5.74) is 2.30. The Morgan fingerprint density at radius 1 is 1.12 bits per heavy atom. The average Bonchev–Trinajstić information content (AvgIpc) is 3.08. The Morgan fingerprint density at radius 3 is 2.60 bits per heavy atom. The fourth-order valence-electron chi connectivity index (χ4n) is 3.20. The quantitative estimate of drug-likeness (QED) is 0.794. The first kappa shape index (κ1) is 15.5. The maximum absolute atomic E-state index is 13.0. The summed E-state index contributed by atoms with van der Waals surface area (Å²) in [5.74, 6) is 0.661. The minimum Gasteiger partial charge on any atom is -0.353 e. The van der Waals surface area contributed by atoms with E-state index in [4.69, 9.17) is 5.26 Å². The summed E-state index contributed by atoms with van der Waals surface area (Å²) in [7, 11) is 0. The SMILES string of the molecule is N#Cc1cc2c(N3CCN(Cc4ccc(F)cc4)CC3)ncnc2[nH]1. The summed E-state index contributed by atoms with van der Waals surface area (Å²) in [6, 6.07) is 10.6. The van der Waals surface area contributed by atoms with E-state index in [1.54, 1.807) is 6.07 Å². The van der Waals surface area contributed by atoms with Gasteiger partial charge in [0, 0.05) is 32.7 Å². The van der Waals surface area contributed by atoms with Gasteiger partial charge in [0.15, 0.2) is 0 Å². The van der Waals surface area contributed by atoms with Gasteiger partial charge in [-0.25, -0.2) is 14.4 Å². The van der Waals surface area contributed by atoms with Crippen LogP contribution in [0.25, 0.3) is 11.0 Å². The minimum atomic E-state index is -0.204. The largest absolute Gasteiger partial charge is 0.353 e. The van der Waals surface area contributed by atoms with Crippen molar-refractivity contribution in [3.63, 3.8) is 0 Å². The van der Waals surface area contributed by atoms with Crippen molar-refractivity contribution < 1.29 is 4.39 Å². The molecule has 1 aromatic carbocycles. The van der Waals surface area contributed by atoms with Crippen molar-refractivity contribution in [3.05, 3.63) is 53.7 Å². The molecular weight excluding hydrogens is 319 g/mol. The second kappa shape index (κ2) is 6.49. The summed E-state index contributed by atoms with van der Waals surface area (Å²) >= 11 is 0. The third-order valence-corrected chi connectivity index (χ3v) is 4.52. The monoisotopic (exact) mass is 336 g/mol. The molecule has 0 radical (unpaired) electrons. The minimum absolute atomic E-state index is 0.204. The zero-order valence-corrected chi connectivity index (χ0v) is 13.6. The molecule has 4 rings (SSSR count). The lowest BCUT2D eigenvalue weighted by Gasteiger charge is -2.35. The third kappa shape index (κ3) is 3.16. The maximum atomic E-state index is 13.0. The smallest absolute Gasteiger partial charge is 0.143 e. The number of hydrogen-bond acceptors (Lipinski definition) is 5. The number of fused-ring (bicyclic) bond motifs is 1. The Morgan fingerprint density at radius 2 is 1.88 bits per heavy atom. The van der Waals surface area contributed by atoms with Gasteiger partial charge in [-0.1, -0.05) is 12.1 Å². The highest BCUT2D eigenvalue weighted by Crippen LogP contribution is 2.24. The van der Waals surface area contributed by atoms with Crippen LogP contribution in [0.15, 0.2) is 36.7 Å². The molecule has 126 valence electrons. The summed E-state index contributed by atoms with van der Waals surface area (Å²) in [5, 5.41) is 9.94. The molecule has 1 aliphatic rings. The molecular formula is C18H17FN6. The second-order valence-electron chi connectivity index (χ2n) is 6.14. The van der Waals surface area contributed by atoms with E-state index in [9.17, 15) is 4.39 Å². The van der Waals surface area contributed by atoms with Gasteiger partial charge in [0.2, 0.25) is 0 Å². The normalized spacial score (nSPS) is 15.4. The fraction of sp³-hybridized carbons (Fsp3) is 0.278. The number of rotatable bonds is 3. The number of halogens is 1. The Balaban J connectivity index is 1.46. The van der Waals surface area contributed by atoms with Gasteiger partial charge in [-0.05, 0) is 23.8 Å². The molecule has 25 heavy (non-hydrogen) atoms. The number of hydrogen-bond donors (Lipinski definition) is 1. The molecule has 0 spiro atoms. The number of nitriles is 1. The zero-order valence-electron chi connectivity index (χ0n) is 13.6.